The van der Waals surface area contributed by atoms with E-state index < -0.39 is 5.97 Å². The van der Waals surface area contributed by atoms with Gasteiger partial charge in [-0.15, -0.1) is 11.3 Å². The SMILES string of the molecule is COC(=O)c1ccc(C(=O)N(CC2CCCO2)c2nc(-c3ccc(Cl)cc3Cl)cs2)cc1. The number of hydrogen-bond acceptors (Lipinski definition) is 6. The van der Waals surface area contributed by atoms with E-state index in [4.69, 9.17) is 32.7 Å². The number of benzene rings is 2. The average molecular weight is 491 g/mol. The van der Waals surface area contributed by atoms with Crippen molar-refractivity contribution >= 4 is 51.5 Å². The van der Waals surface area contributed by atoms with Gasteiger partial charge in [-0.2, -0.15) is 0 Å². The molecule has 0 bridgehead atoms. The Balaban J connectivity index is 1.64. The summed E-state index contributed by atoms with van der Waals surface area (Å²) in [6.07, 6.45) is 1.79. The molecular weight excluding hydrogens is 471 g/mol. The van der Waals surface area contributed by atoms with Crippen molar-refractivity contribution in [3.63, 3.8) is 0 Å². The molecule has 2 aromatic carbocycles. The fraction of sp³-hybridized carbons (Fsp3) is 0.261. The van der Waals surface area contributed by atoms with E-state index in [1.165, 1.54) is 18.4 Å². The summed E-state index contributed by atoms with van der Waals surface area (Å²) in [4.78, 5) is 31.4. The van der Waals surface area contributed by atoms with Gasteiger partial charge in [-0.1, -0.05) is 23.2 Å². The first kappa shape index (κ1) is 22.7. The molecule has 32 heavy (non-hydrogen) atoms. The first-order valence-electron chi connectivity index (χ1n) is 9.99. The first-order valence-corrected chi connectivity index (χ1v) is 11.6. The predicted molar refractivity (Wildman–Crippen MR) is 126 cm³/mol. The lowest BCUT2D eigenvalue weighted by Crippen LogP contribution is -2.37. The van der Waals surface area contributed by atoms with Gasteiger partial charge in [0.2, 0.25) is 0 Å². The maximum Gasteiger partial charge on any atom is 0.337 e. The molecule has 3 aromatic rings. The van der Waals surface area contributed by atoms with Crippen LogP contribution in [0.2, 0.25) is 10.0 Å². The summed E-state index contributed by atoms with van der Waals surface area (Å²) < 4.78 is 10.5. The molecule has 9 heteroatoms. The van der Waals surface area contributed by atoms with Gasteiger partial charge in [-0.05, 0) is 55.3 Å². The Kier molecular flexibility index (Phi) is 7.10. The van der Waals surface area contributed by atoms with Gasteiger partial charge < -0.3 is 9.47 Å². The van der Waals surface area contributed by atoms with Crippen LogP contribution in [0.15, 0.2) is 47.8 Å². The van der Waals surface area contributed by atoms with Gasteiger partial charge in [-0.3, -0.25) is 9.69 Å². The highest BCUT2D eigenvalue weighted by Crippen LogP contribution is 2.34. The molecular formula is C23H20Cl2N2O4S. The summed E-state index contributed by atoms with van der Waals surface area (Å²) >= 11 is 13.7. The predicted octanol–water partition coefficient (Wildman–Crippen LogP) is 5.73. The van der Waals surface area contributed by atoms with E-state index in [2.05, 4.69) is 4.98 Å². The van der Waals surface area contributed by atoms with Crippen LogP contribution in [-0.2, 0) is 9.47 Å². The third-order valence-corrected chi connectivity index (χ3v) is 6.55. The van der Waals surface area contributed by atoms with Crippen molar-refractivity contribution in [1.29, 1.82) is 0 Å². The summed E-state index contributed by atoms with van der Waals surface area (Å²) in [5, 5.41) is 3.44. The molecule has 1 unspecified atom stereocenters. The smallest absolute Gasteiger partial charge is 0.337 e. The Labute approximate surface area is 199 Å². The van der Waals surface area contributed by atoms with Crippen LogP contribution in [0.5, 0.6) is 0 Å². The molecule has 0 radical (unpaired) electrons. The van der Waals surface area contributed by atoms with Crippen LogP contribution in [0.4, 0.5) is 5.13 Å². The lowest BCUT2D eigenvalue weighted by atomic mass is 10.1. The number of esters is 1. The van der Waals surface area contributed by atoms with Gasteiger partial charge in [0.1, 0.15) is 0 Å². The number of halogens is 2. The van der Waals surface area contributed by atoms with E-state index in [1.54, 1.807) is 47.4 Å². The Hall–Kier alpha value is -2.45. The number of nitrogens with zero attached hydrogens (tertiary/aromatic N) is 2. The third kappa shape index (κ3) is 4.96. The number of amides is 1. The maximum atomic E-state index is 13.4. The maximum absolute atomic E-state index is 13.4. The van der Waals surface area contributed by atoms with Crippen LogP contribution in [0.25, 0.3) is 11.3 Å². The number of thiazole rings is 1. The zero-order valence-electron chi connectivity index (χ0n) is 17.2. The lowest BCUT2D eigenvalue weighted by Gasteiger charge is -2.23. The highest BCUT2D eigenvalue weighted by molar-refractivity contribution is 7.14. The summed E-state index contributed by atoms with van der Waals surface area (Å²) in [5.41, 5.74) is 2.23. The zero-order valence-corrected chi connectivity index (χ0v) is 19.5. The Morgan fingerprint density at radius 2 is 1.94 bits per heavy atom. The van der Waals surface area contributed by atoms with E-state index >= 15 is 0 Å². The second-order valence-electron chi connectivity index (χ2n) is 7.26. The minimum atomic E-state index is -0.454. The molecule has 0 spiro atoms. The summed E-state index contributed by atoms with van der Waals surface area (Å²) in [7, 11) is 1.32. The molecule has 0 N–H and O–H groups in total. The van der Waals surface area contributed by atoms with Crippen LogP contribution in [-0.4, -0.2) is 43.2 Å². The Bertz CT molecular complexity index is 1130. The van der Waals surface area contributed by atoms with Crippen LogP contribution in [0, 0.1) is 0 Å². The van der Waals surface area contributed by atoms with E-state index in [9.17, 15) is 9.59 Å². The van der Waals surface area contributed by atoms with Crippen LogP contribution >= 0.6 is 34.5 Å². The minimum absolute atomic E-state index is 0.0558. The second kappa shape index (κ2) is 10.0. The van der Waals surface area contributed by atoms with E-state index in [1.807, 2.05) is 5.38 Å². The molecule has 1 aromatic heterocycles. The van der Waals surface area contributed by atoms with E-state index in [0.29, 0.717) is 45.1 Å². The molecule has 1 atom stereocenters. The standard InChI is InChI=1S/C23H20Cl2N2O4S/c1-30-22(29)15-6-4-14(5-7-15)21(28)27(12-17-3-2-10-31-17)23-26-20(13-32-23)18-9-8-16(24)11-19(18)25/h4-9,11,13,17H,2-3,10,12H2,1H3. The van der Waals surface area contributed by atoms with Crippen LogP contribution in [0.1, 0.15) is 33.6 Å². The third-order valence-electron chi connectivity index (χ3n) is 5.14. The van der Waals surface area contributed by atoms with Gasteiger partial charge in [-0.25, -0.2) is 9.78 Å². The molecule has 166 valence electrons. The highest BCUT2D eigenvalue weighted by atomic mass is 35.5. The number of aromatic nitrogens is 1. The van der Waals surface area contributed by atoms with Crippen molar-refractivity contribution in [3.8, 4) is 11.3 Å². The van der Waals surface area contributed by atoms with Crippen molar-refractivity contribution in [1.82, 2.24) is 4.98 Å². The molecule has 4 rings (SSSR count). The largest absolute Gasteiger partial charge is 0.465 e. The molecule has 0 aliphatic carbocycles. The number of rotatable bonds is 6. The highest BCUT2D eigenvalue weighted by Gasteiger charge is 2.27. The number of carbonyl (C=O) groups is 2. The number of ether oxygens (including phenoxy) is 2. The van der Waals surface area contributed by atoms with Crippen molar-refractivity contribution in [2.24, 2.45) is 0 Å². The molecule has 1 amide bonds. The number of methoxy groups -OCH3 is 1. The van der Waals surface area contributed by atoms with Crippen LogP contribution < -0.4 is 4.90 Å². The second-order valence-corrected chi connectivity index (χ2v) is 8.94. The lowest BCUT2D eigenvalue weighted by molar-refractivity contribution is 0.0600. The average Bonchev–Trinajstić information content (AvgIpc) is 3.49. The fourth-order valence-electron chi connectivity index (χ4n) is 3.47. The Morgan fingerprint density at radius 1 is 1.19 bits per heavy atom. The molecule has 1 aliphatic rings. The number of hydrogen-bond donors (Lipinski definition) is 0. The molecule has 1 aliphatic heterocycles. The summed E-state index contributed by atoms with van der Waals surface area (Å²) in [6.45, 7) is 1.07. The quantitative estimate of drug-likeness (QED) is 0.412. The molecule has 1 saturated heterocycles. The van der Waals surface area contributed by atoms with Gasteiger partial charge in [0.15, 0.2) is 5.13 Å². The van der Waals surface area contributed by atoms with Crippen LogP contribution in [0.3, 0.4) is 0 Å². The van der Waals surface area contributed by atoms with Crippen molar-refractivity contribution in [2.75, 3.05) is 25.2 Å². The fourth-order valence-corrected chi connectivity index (χ4v) is 4.81. The number of carbonyl (C=O) groups excluding carboxylic acids is 2. The Morgan fingerprint density at radius 3 is 2.59 bits per heavy atom. The van der Waals surface area contributed by atoms with Crippen molar-refractivity contribution in [3.05, 3.63) is 69.0 Å². The zero-order chi connectivity index (χ0) is 22.7. The van der Waals surface area contributed by atoms with Gasteiger partial charge >= 0.3 is 5.97 Å². The molecule has 2 heterocycles. The minimum Gasteiger partial charge on any atom is -0.465 e. The monoisotopic (exact) mass is 490 g/mol. The normalized spacial score (nSPS) is 15.5. The van der Waals surface area contributed by atoms with E-state index in [0.717, 1.165) is 18.4 Å². The van der Waals surface area contributed by atoms with Gasteiger partial charge in [0, 0.05) is 28.1 Å². The van der Waals surface area contributed by atoms with Crippen molar-refractivity contribution < 1.29 is 19.1 Å². The topological polar surface area (TPSA) is 68.7 Å². The number of anilines is 1. The molecule has 1 fully saturated rings. The summed E-state index contributed by atoms with van der Waals surface area (Å²) in [5.74, 6) is -0.676. The first-order chi connectivity index (χ1) is 15.5. The summed E-state index contributed by atoms with van der Waals surface area (Å²) in [6, 6.07) is 11.6. The molecule has 0 saturated carbocycles. The van der Waals surface area contributed by atoms with Gasteiger partial charge in [0.05, 0.1) is 36.0 Å². The van der Waals surface area contributed by atoms with Gasteiger partial charge in [0.25, 0.3) is 5.91 Å². The van der Waals surface area contributed by atoms with E-state index in [-0.39, 0.29) is 12.0 Å². The molecule has 6 nitrogen and oxygen atoms in total. The van der Waals surface area contributed by atoms with Crippen molar-refractivity contribution in [2.45, 2.75) is 18.9 Å².